The quantitative estimate of drug-likeness (QED) is 0.762. The van der Waals surface area contributed by atoms with Crippen molar-refractivity contribution in [2.75, 3.05) is 13.7 Å². The number of rotatable bonds is 8. The van der Waals surface area contributed by atoms with Gasteiger partial charge in [0, 0.05) is 19.3 Å². The van der Waals surface area contributed by atoms with Crippen molar-refractivity contribution < 1.29 is 4.74 Å². The van der Waals surface area contributed by atoms with Crippen LogP contribution < -0.4 is 10.1 Å². The second-order valence-corrected chi connectivity index (χ2v) is 4.82. The smallest absolute Gasteiger partial charge is 0.119 e. The van der Waals surface area contributed by atoms with Crippen LogP contribution in [0.15, 0.2) is 36.5 Å². The molecule has 0 aliphatic rings. The first kappa shape index (κ1) is 17.5. The van der Waals surface area contributed by atoms with Crippen molar-refractivity contribution in [3.63, 3.8) is 0 Å². The molecule has 0 unspecified atom stereocenters. The predicted molar refractivity (Wildman–Crippen MR) is 88.2 cm³/mol. The van der Waals surface area contributed by atoms with Gasteiger partial charge < -0.3 is 10.1 Å². The third-order valence-corrected chi connectivity index (χ3v) is 3.27. The zero-order valence-electron chi connectivity index (χ0n) is 12.7. The van der Waals surface area contributed by atoms with Crippen molar-refractivity contribution >= 4 is 12.4 Å². The van der Waals surface area contributed by atoms with Crippen molar-refractivity contribution in [3.8, 4) is 5.75 Å². The van der Waals surface area contributed by atoms with Crippen molar-refractivity contribution in [1.82, 2.24) is 15.1 Å². The Morgan fingerprint density at radius 1 is 1.29 bits per heavy atom. The molecule has 0 aliphatic carbocycles. The zero-order chi connectivity index (χ0) is 14.2. The van der Waals surface area contributed by atoms with Gasteiger partial charge in [-0.3, -0.25) is 4.68 Å². The molecule has 0 fully saturated rings. The van der Waals surface area contributed by atoms with Crippen LogP contribution in [0.4, 0.5) is 0 Å². The highest BCUT2D eigenvalue weighted by atomic mass is 35.5. The molecule has 21 heavy (non-hydrogen) atoms. The number of aryl methyl sites for hydroxylation is 1. The molecule has 0 saturated carbocycles. The molecule has 0 atom stereocenters. The van der Waals surface area contributed by atoms with Gasteiger partial charge in [0.2, 0.25) is 0 Å². The van der Waals surface area contributed by atoms with E-state index in [0.29, 0.717) is 0 Å². The molecular formula is C16H24ClN3O. The van der Waals surface area contributed by atoms with Crippen LogP contribution in [0.25, 0.3) is 0 Å². The Bertz CT molecular complexity index is 528. The van der Waals surface area contributed by atoms with E-state index >= 15 is 0 Å². The summed E-state index contributed by atoms with van der Waals surface area (Å²) < 4.78 is 7.30. The largest absolute Gasteiger partial charge is 0.497 e. The van der Waals surface area contributed by atoms with Crippen molar-refractivity contribution in [3.05, 3.63) is 47.8 Å². The van der Waals surface area contributed by atoms with E-state index in [-0.39, 0.29) is 12.4 Å². The number of hydrogen-bond acceptors (Lipinski definition) is 3. The molecule has 0 amide bonds. The summed E-state index contributed by atoms with van der Waals surface area (Å²) in [5.41, 5.74) is 2.54. The maximum atomic E-state index is 5.23. The van der Waals surface area contributed by atoms with Crippen LogP contribution in [0.3, 0.4) is 0 Å². The highest BCUT2D eigenvalue weighted by molar-refractivity contribution is 5.85. The average Bonchev–Trinajstić information content (AvgIpc) is 2.92. The molecule has 116 valence electrons. The molecule has 1 heterocycles. The highest BCUT2D eigenvalue weighted by Crippen LogP contribution is 2.12. The molecule has 5 heteroatoms. The Hall–Kier alpha value is -1.52. The van der Waals surface area contributed by atoms with E-state index in [0.717, 1.165) is 38.2 Å². The fourth-order valence-corrected chi connectivity index (χ4v) is 2.20. The summed E-state index contributed by atoms with van der Waals surface area (Å²) in [6.07, 6.45) is 3.98. The standard InChI is InChI=1S/C16H23N3O.ClH/c1-3-11-19-15(8-10-18-19)13-17-9-7-14-5-4-6-16(12-14)20-2;/h4-6,8,10,12,17H,3,7,9,11,13H2,1-2H3;1H. The van der Waals surface area contributed by atoms with Crippen LogP contribution in [0, 0.1) is 0 Å². The van der Waals surface area contributed by atoms with E-state index in [4.69, 9.17) is 4.74 Å². The molecule has 0 saturated heterocycles. The topological polar surface area (TPSA) is 39.1 Å². The summed E-state index contributed by atoms with van der Waals surface area (Å²) in [5, 5.41) is 7.80. The molecule has 0 spiro atoms. The van der Waals surface area contributed by atoms with Crippen LogP contribution in [0.1, 0.15) is 24.6 Å². The summed E-state index contributed by atoms with van der Waals surface area (Å²) in [4.78, 5) is 0. The minimum atomic E-state index is 0. The number of methoxy groups -OCH3 is 1. The third kappa shape index (κ3) is 5.40. The molecule has 1 N–H and O–H groups in total. The van der Waals surface area contributed by atoms with Gasteiger partial charge >= 0.3 is 0 Å². The molecule has 0 bridgehead atoms. The first-order valence-corrected chi connectivity index (χ1v) is 7.18. The molecule has 4 nitrogen and oxygen atoms in total. The molecule has 1 aromatic carbocycles. The molecule has 1 aromatic heterocycles. The molecule has 0 radical (unpaired) electrons. The maximum Gasteiger partial charge on any atom is 0.119 e. The normalized spacial score (nSPS) is 10.2. The molecular weight excluding hydrogens is 286 g/mol. The summed E-state index contributed by atoms with van der Waals surface area (Å²) >= 11 is 0. The number of hydrogen-bond donors (Lipinski definition) is 1. The van der Waals surface area contributed by atoms with Gasteiger partial charge in [0.15, 0.2) is 0 Å². The van der Waals surface area contributed by atoms with Gasteiger partial charge in [0.05, 0.1) is 12.8 Å². The van der Waals surface area contributed by atoms with Gasteiger partial charge in [0.25, 0.3) is 0 Å². The molecule has 2 rings (SSSR count). The van der Waals surface area contributed by atoms with Gasteiger partial charge in [-0.15, -0.1) is 12.4 Å². The Balaban J connectivity index is 0.00000220. The van der Waals surface area contributed by atoms with Gasteiger partial charge in [-0.25, -0.2) is 0 Å². The minimum absolute atomic E-state index is 0. The van der Waals surface area contributed by atoms with E-state index in [9.17, 15) is 0 Å². The number of ether oxygens (including phenoxy) is 1. The number of nitrogens with zero attached hydrogens (tertiary/aromatic N) is 2. The Kier molecular flexibility index (Phi) is 7.87. The maximum absolute atomic E-state index is 5.23. The molecule has 0 aliphatic heterocycles. The summed E-state index contributed by atoms with van der Waals surface area (Å²) in [5.74, 6) is 0.920. The lowest BCUT2D eigenvalue weighted by Gasteiger charge is -2.08. The Labute approximate surface area is 132 Å². The zero-order valence-corrected chi connectivity index (χ0v) is 13.5. The number of nitrogens with one attached hydrogen (secondary N) is 1. The van der Waals surface area contributed by atoms with Crippen LogP contribution >= 0.6 is 12.4 Å². The monoisotopic (exact) mass is 309 g/mol. The number of halogens is 1. The van der Waals surface area contributed by atoms with Crippen molar-refractivity contribution in [2.45, 2.75) is 32.9 Å². The van der Waals surface area contributed by atoms with E-state index in [1.54, 1.807) is 7.11 Å². The van der Waals surface area contributed by atoms with Crippen LogP contribution in [-0.4, -0.2) is 23.4 Å². The van der Waals surface area contributed by atoms with Gasteiger partial charge in [-0.2, -0.15) is 5.10 Å². The van der Waals surface area contributed by atoms with E-state index in [1.165, 1.54) is 11.3 Å². The van der Waals surface area contributed by atoms with Gasteiger partial charge in [-0.05, 0) is 43.1 Å². The Morgan fingerprint density at radius 2 is 2.14 bits per heavy atom. The predicted octanol–water partition coefficient (Wildman–Crippen LogP) is 3.06. The van der Waals surface area contributed by atoms with E-state index in [1.807, 2.05) is 18.3 Å². The van der Waals surface area contributed by atoms with E-state index in [2.05, 4.69) is 40.2 Å². The average molecular weight is 310 g/mol. The fraction of sp³-hybridized carbons (Fsp3) is 0.438. The highest BCUT2D eigenvalue weighted by Gasteiger charge is 2.01. The van der Waals surface area contributed by atoms with Crippen molar-refractivity contribution in [2.24, 2.45) is 0 Å². The Morgan fingerprint density at radius 3 is 2.90 bits per heavy atom. The third-order valence-electron chi connectivity index (χ3n) is 3.27. The summed E-state index contributed by atoms with van der Waals surface area (Å²) in [6, 6.07) is 10.3. The lowest BCUT2D eigenvalue weighted by Crippen LogP contribution is -2.19. The number of aromatic nitrogens is 2. The van der Waals surface area contributed by atoms with Crippen LogP contribution in [-0.2, 0) is 19.5 Å². The van der Waals surface area contributed by atoms with Gasteiger partial charge in [-0.1, -0.05) is 19.1 Å². The first-order chi connectivity index (χ1) is 9.83. The lowest BCUT2D eigenvalue weighted by molar-refractivity contribution is 0.414. The summed E-state index contributed by atoms with van der Waals surface area (Å²) in [6.45, 7) is 4.97. The second kappa shape index (κ2) is 9.42. The SMILES string of the molecule is CCCn1nccc1CNCCc1cccc(OC)c1.Cl. The van der Waals surface area contributed by atoms with Crippen LogP contribution in [0.2, 0.25) is 0 Å². The lowest BCUT2D eigenvalue weighted by atomic mass is 10.1. The minimum Gasteiger partial charge on any atom is -0.497 e. The molecule has 2 aromatic rings. The van der Waals surface area contributed by atoms with Gasteiger partial charge in [0.1, 0.15) is 5.75 Å². The summed E-state index contributed by atoms with van der Waals surface area (Å²) in [7, 11) is 1.70. The fourth-order valence-electron chi connectivity index (χ4n) is 2.20. The van der Waals surface area contributed by atoms with Crippen LogP contribution in [0.5, 0.6) is 5.75 Å². The first-order valence-electron chi connectivity index (χ1n) is 7.18. The number of benzene rings is 1. The van der Waals surface area contributed by atoms with Crippen molar-refractivity contribution in [1.29, 1.82) is 0 Å². The van der Waals surface area contributed by atoms with E-state index < -0.39 is 0 Å². The second-order valence-electron chi connectivity index (χ2n) is 4.82.